The lowest BCUT2D eigenvalue weighted by Crippen LogP contribution is -2.40. The van der Waals surface area contributed by atoms with Crippen LogP contribution in [0.1, 0.15) is 60.2 Å². The Labute approximate surface area is 160 Å². The van der Waals surface area contributed by atoms with Gasteiger partial charge in [0.15, 0.2) is 11.6 Å². The fourth-order valence-corrected chi connectivity index (χ4v) is 4.83. The summed E-state index contributed by atoms with van der Waals surface area (Å²) in [5, 5.41) is 0. The molecule has 1 aromatic rings. The molecule has 142 valence electrons. The van der Waals surface area contributed by atoms with E-state index < -0.39 is 0 Å². The zero-order valence-electron chi connectivity index (χ0n) is 16.2. The van der Waals surface area contributed by atoms with Crippen LogP contribution in [0.5, 0.6) is 0 Å². The van der Waals surface area contributed by atoms with E-state index in [4.69, 9.17) is 0 Å². The highest BCUT2D eigenvalue weighted by Gasteiger charge is 2.43. The lowest BCUT2D eigenvalue weighted by Gasteiger charge is -2.36. The molecule has 0 bridgehead atoms. The van der Waals surface area contributed by atoms with Crippen LogP contribution in [-0.4, -0.2) is 41.9 Å². The predicted molar refractivity (Wildman–Crippen MR) is 104 cm³/mol. The van der Waals surface area contributed by atoms with Gasteiger partial charge >= 0.3 is 0 Å². The maximum Gasteiger partial charge on any atom is 0.190 e. The Balaban J connectivity index is 1.62. The number of hydrogen-bond acceptors (Lipinski definition) is 4. The quantitative estimate of drug-likeness (QED) is 0.819. The van der Waals surface area contributed by atoms with E-state index in [0.29, 0.717) is 22.3 Å². The number of carbonyl (C=O) groups is 3. The van der Waals surface area contributed by atoms with Gasteiger partial charge in [-0.2, -0.15) is 0 Å². The van der Waals surface area contributed by atoms with Crippen molar-refractivity contribution in [2.24, 2.45) is 17.8 Å². The minimum absolute atomic E-state index is 0.0446. The Morgan fingerprint density at radius 2 is 1.59 bits per heavy atom. The average Bonchev–Trinajstić information content (AvgIpc) is 2.68. The number of Topliss-reactive ketones (excluding diaryl/α,β-unsaturated/α-hetero) is 3. The highest BCUT2D eigenvalue weighted by Crippen LogP contribution is 2.41. The van der Waals surface area contributed by atoms with Crippen molar-refractivity contribution in [3.05, 3.63) is 46.5 Å². The molecule has 2 unspecified atom stereocenters. The van der Waals surface area contributed by atoms with Crippen molar-refractivity contribution in [2.75, 3.05) is 19.6 Å². The van der Waals surface area contributed by atoms with Gasteiger partial charge in [0, 0.05) is 34.6 Å². The molecule has 1 saturated heterocycles. The lowest BCUT2D eigenvalue weighted by molar-refractivity contribution is -0.123. The molecular formula is C23H27NO3. The SMILES string of the molecule is CC1CCN(CCC2C3=C(CC(=O)C2C)C(=O)c2ccccc2C3=O)CC1. The van der Waals surface area contributed by atoms with Crippen LogP contribution < -0.4 is 0 Å². The van der Waals surface area contributed by atoms with Gasteiger partial charge in [0.25, 0.3) is 0 Å². The summed E-state index contributed by atoms with van der Waals surface area (Å²) in [7, 11) is 0. The molecule has 27 heavy (non-hydrogen) atoms. The largest absolute Gasteiger partial charge is 0.303 e. The van der Waals surface area contributed by atoms with Crippen LogP contribution in [0.25, 0.3) is 0 Å². The summed E-state index contributed by atoms with van der Waals surface area (Å²) >= 11 is 0. The van der Waals surface area contributed by atoms with Gasteiger partial charge in [0.05, 0.1) is 0 Å². The van der Waals surface area contributed by atoms with E-state index in [-0.39, 0.29) is 35.6 Å². The number of nitrogens with zero attached hydrogens (tertiary/aromatic N) is 1. The summed E-state index contributed by atoms with van der Waals surface area (Å²) in [5.41, 5.74) is 2.03. The molecule has 1 aromatic carbocycles. The molecule has 2 aliphatic carbocycles. The van der Waals surface area contributed by atoms with E-state index in [9.17, 15) is 14.4 Å². The van der Waals surface area contributed by atoms with E-state index in [2.05, 4.69) is 11.8 Å². The van der Waals surface area contributed by atoms with Crippen LogP contribution in [0.3, 0.4) is 0 Å². The first kappa shape index (κ1) is 18.3. The first-order chi connectivity index (χ1) is 13.0. The Morgan fingerprint density at radius 1 is 0.963 bits per heavy atom. The Kier molecular flexibility index (Phi) is 4.85. The van der Waals surface area contributed by atoms with Gasteiger partial charge in [0.2, 0.25) is 0 Å². The number of fused-ring (bicyclic) bond motifs is 1. The van der Waals surface area contributed by atoms with E-state index >= 15 is 0 Å². The zero-order chi connectivity index (χ0) is 19.1. The molecule has 0 N–H and O–H groups in total. The molecule has 2 atom stereocenters. The predicted octanol–water partition coefficient (Wildman–Crippen LogP) is 3.71. The molecule has 0 saturated carbocycles. The number of rotatable bonds is 3. The highest BCUT2D eigenvalue weighted by atomic mass is 16.1. The molecular weight excluding hydrogens is 338 g/mol. The fraction of sp³-hybridized carbons (Fsp3) is 0.522. The number of hydrogen-bond donors (Lipinski definition) is 0. The molecule has 1 fully saturated rings. The van der Waals surface area contributed by atoms with Crippen molar-refractivity contribution in [3.8, 4) is 0 Å². The van der Waals surface area contributed by atoms with Crippen LogP contribution >= 0.6 is 0 Å². The first-order valence-electron chi connectivity index (χ1n) is 10.1. The van der Waals surface area contributed by atoms with Gasteiger partial charge in [-0.25, -0.2) is 0 Å². The maximum absolute atomic E-state index is 13.2. The van der Waals surface area contributed by atoms with Crippen molar-refractivity contribution in [1.82, 2.24) is 4.90 Å². The lowest BCUT2D eigenvalue weighted by atomic mass is 9.67. The highest BCUT2D eigenvalue weighted by molar-refractivity contribution is 6.28. The summed E-state index contributed by atoms with van der Waals surface area (Å²) in [6, 6.07) is 7.02. The molecule has 1 heterocycles. The number of allylic oxidation sites excluding steroid dienone is 2. The van der Waals surface area contributed by atoms with Crippen LogP contribution in [0, 0.1) is 17.8 Å². The van der Waals surface area contributed by atoms with Gasteiger partial charge in [-0.15, -0.1) is 0 Å². The normalized spacial score (nSPS) is 27.0. The van der Waals surface area contributed by atoms with Crippen LogP contribution in [0.4, 0.5) is 0 Å². The van der Waals surface area contributed by atoms with Crippen LogP contribution in [0.2, 0.25) is 0 Å². The van der Waals surface area contributed by atoms with Crippen LogP contribution in [-0.2, 0) is 4.79 Å². The van der Waals surface area contributed by atoms with E-state index in [1.54, 1.807) is 24.3 Å². The molecule has 3 aliphatic rings. The summed E-state index contributed by atoms with van der Waals surface area (Å²) in [5.74, 6) is 0.347. The van der Waals surface area contributed by atoms with Crippen molar-refractivity contribution < 1.29 is 14.4 Å². The topological polar surface area (TPSA) is 54.5 Å². The molecule has 0 spiro atoms. The number of likely N-dealkylation sites (tertiary alicyclic amines) is 1. The second-order valence-corrected chi connectivity index (χ2v) is 8.45. The maximum atomic E-state index is 13.2. The molecule has 0 radical (unpaired) electrons. The number of ketones is 3. The van der Waals surface area contributed by atoms with Crippen molar-refractivity contribution in [3.63, 3.8) is 0 Å². The molecule has 1 aliphatic heterocycles. The molecule has 4 rings (SSSR count). The molecule has 4 nitrogen and oxygen atoms in total. The fourth-order valence-electron chi connectivity index (χ4n) is 4.83. The molecule has 4 heteroatoms. The minimum atomic E-state index is -0.200. The Bertz CT molecular complexity index is 830. The summed E-state index contributed by atoms with van der Waals surface area (Å²) in [6.07, 6.45) is 3.28. The third-order valence-corrected chi connectivity index (χ3v) is 6.73. The van der Waals surface area contributed by atoms with Crippen molar-refractivity contribution in [2.45, 2.75) is 39.5 Å². The standard InChI is InChI=1S/C23H27NO3/c1-14-7-10-24(11-8-14)12-9-16-15(2)20(25)13-19-21(16)23(27)18-6-4-3-5-17(18)22(19)26/h3-6,14-16H,7-13H2,1-2H3. The second-order valence-electron chi connectivity index (χ2n) is 8.45. The van der Waals surface area contributed by atoms with Gasteiger partial charge in [-0.05, 0) is 50.7 Å². The van der Waals surface area contributed by atoms with Crippen LogP contribution in [0.15, 0.2) is 35.4 Å². The number of benzene rings is 1. The zero-order valence-corrected chi connectivity index (χ0v) is 16.2. The number of carbonyl (C=O) groups excluding carboxylic acids is 3. The van der Waals surface area contributed by atoms with E-state index in [0.717, 1.165) is 32.0 Å². The Morgan fingerprint density at radius 3 is 2.26 bits per heavy atom. The van der Waals surface area contributed by atoms with Gasteiger partial charge in [0.1, 0.15) is 5.78 Å². The third-order valence-electron chi connectivity index (χ3n) is 6.73. The first-order valence-corrected chi connectivity index (χ1v) is 10.1. The number of piperidine rings is 1. The second kappa shape index (κ2) is 7.16. The summed E-state index contributed by atoms with van der Waals surface area (Å²) in [6.45, 7) is 7.26. The Hall–Kier alpha value is -2.07. The van der Waals surface area contributed by atoms with Crippen molar-refractivity contribution in [1.29, 1.82) is 0 Å². The smallest absolute Gasteiger partial charge is 0.190 e. The monoisotopic (exact) mass is 365 g/mol. The van der Waals surface area contributed by atoms with Gasteiger partial charge in [-0.1, -0.05) is 38.1 Å². The average molecular weight is 365 g/mol. The summed E-state index contributed by atoms with van der Waals surface area (Å²) in [4.78, 5) is 41.2. The van der Waals surface area contributed by atoms with Gasteiger partial charge < -0.3 is 4.90 Å². The summed E-state index contributed by atoms with van der Waals surface area (Å²) < 4.78 is 0. The minimum Gasteiger partial charge on any atom is -0.303 e. The van der Waals surface area contributed by atoms with E-state index in [1.807, 2.05) is 6.92 Å². The van der Waals surface area contributed by atoms with Crippen molar-refractivity contribution >= 4 is 17.3 Å². The third kappa shape index (κ3) is 3.20. The van der Waals surface area contributed by atoms with E-state index in [1.165, 1.54) is 12.8 Å². The molecule has 0 aromatic heterocycles. The van der Waals surface area contributed by atoms with Gasteiger partial charge in [-0.3, -0.25) is 14.4 Å². The molecule has 0 amide bonds.